The Balaban J connectivity index is 1.54. The van der Waals surface area contributed by atoms with E-state index < -0.39 is 0 Å². The predicted octanol–water partition coefficient (Wildman–Crippen LogP) is 4.18. The van der Waals surface area contributed by atoms with Crippen LogP contribution in [-0.4, -0.2) is 9.78 Å². The summed E-state index contributed by atoms with van der Waals surface area (Å²) in [7, 11) is 0. The summed E-state index contributed by atoms with van der Waals surface area (Å²) in [5, 5.41) is 13.0. The molecule has 0 unspecified atom stereocenters. The molecule has 2 aromatic carbocycles. The fourth-order valence-corrected chi connectivity index (χ4v) is 3.09. The van der Waals surface area contributed by atoms with E-state index in [-0.39, 0.29) is 0 Å². The second kappa shape index (κ2) is 6.97. The average Bonchev–Trinajstić information content (AvgIpc) is 3.11. The van der Waals surface area contributed by atoms with Crippen molar-refractivity contribution in [2.75, 3.05) is 0 Å². The maximum atomic E-state index is 8.78. The van der Waals surface area contributed by atoms with Gasteiger partial charge in [0.1, 0.15) is 0 Å². The highest BCUT2D eigenvalue weighted by molar-refractivity contribution is 7.97. The number of benzene rings is 2. The van der Waals surface area contributed by atoms with Gasteiger partial charge in [-0.2, -0.15) is 22.1 Å². The van der Waals surface area contributed by atoms with Crippen LogP contribution in [0.2, 0.25) is 0 Å². The molecule has 3 aromatic rings. The summed E-state index contributed by atoms with van der Waals surface area (Å²) in [4.78, 5) is 0. The van der Waals surface area contributed by atoms with Crippen molar-refractivity contribution < 1.29 is 0 Å². The Kier molecular flexibility index (Phi) is 4.57. The van der Waals surface area contributed by atoms with Gasteiger partial charge >= 0.3 is 0 Å². The third kappa shape index (κ3) is 3.57. The second-order valence-corrected chi connectivity index (χ2v) is 5.90. The van der Waals surface area contributed by atoms with Gasteiger partial charge in [0.05, 0.1) is 17.3 Å². The van der Waals surface area contributed by atoms with E-state index in [0.29, 0.717) is 5.56 Å². The number of nitrogens with zero attached hydrogens (tertiary/aromatic N) is 3. The molecule has 1 heterocycles. The number of rotatable bonds is 5. The van der Waals surface area contributed by atoms with E-state index in [2.05, 4.69) is 35.4 Å². The van der Waals surface area contributed by atoms with E-state index in [1.54, 1.807) is 6.20 Å². The molecule has 0 N–H and O–H groups in total. The van der Waals surface area contributed by atoms with Crippen molar-refractivity contribution in [3.05, 3.63) is 83.7 Å². The molecule has 0 fully saturated rings. The molecule has 0 amide bonds. The van der Waals surface area contributed by atoms with Gasteiger partial charge in [0, 0.05) is 23.9 Å². The van der Waals surface area contributed by atoms with Gasteiger partial charge in [0.25, 0.3) is 0 Å². The monoisotopic (exact) mass is 305 g/mol. The largest absolute Gasteiger partial charge is 0.241 e. The van der Waals surface area contributed by atoms with Crippen molar-refractivity contribution in [2.45, 2.75) is 11.5 Å². The van der Waals surface area contributed by atoms with Gasteiger partial charge in [-0.05, 0) is 41.5 Å². The van der Waals surface area contributed by atoms with E-state index in [9.17, 15) is 0 Å². The summed E-state index contributed by atoms with van der Waals surface area (Å²) < 4.78 is 1.85. The first kappa shape index (κ1) is 14.4. The molecular weight excluding hydrogens is 290 g/mol. The predicted molar refractivity (Wildman–Crippen MR) is 89.7 cm³/mol. The van der Waals surface area contributed by atoms with Crippen LogP contribution in [0.15, 0.2) is 67.0 Å². The Morgan fingerprint density at radius 2 is 1.59 bits per heavy atom. The molecule has 0 aliphatic carbocycles. The Morgan fingerprint density at radius 3 is 2.14 bits per heavy atom. The number of aromatic nitrogens is 2. The van der Waals surface area contributed by atoms with Gasteiger partial charge in [-0.15, -0.1) is 0 Å². The normalized spacial score (nSPS) is 10.3. The highest BCUT2D eigenvalue weighted by Gasteiger charge is 1.99. The molecule has 3 nitrogen and oxygen atoms in total. The summed E-state index contributed by atoms with van der Waals surface area (Å²) in [6.45, 7) is 0. The molecule has 0 bridgehead atoms. The molecule has 0 aliphatic rings. The van der Waals surface area contributed by atoms with Crippen LogP contribution >= 0.6 is 11.8 Å². The zero-order valence-corrected chi connectivity index (χ0v) is 12.8. The fraction of sp³-hybridized carbons (Fsp3) is 0.111. The number of hydrogen-bond donors (Lipinski definition) is 0. The van der Waals surface area contributed by atoms with Crippen molar-refractivity contribution in [1.29, 1.82) is 5.26 Å². The first-order valence-electron chi connectivity index (χ1n) is 7.01. The molecule has 108 valence electrons. The lowest BCUT2D eigenvalue weighted by molar-refractivity contribution is 0.880. The van der Waals surface area contributed by atoms with Crippen LogP contribution in [0.5, 0.6) is 0 Å². The van der Waals surface area contributed by atoms with Crippen molar-refractivity contribution in [3.63, 3.8) is 0 Å². The molecule has 4 heteroatoms. The lowest BCUT2D eigenvalue weighted by Gasteiger charge is -2.05. The summed E-state index contributed by atoms with van der Waals surface area (Å²) in [5.74, 6) is 1.92. The Labute approximate surface area is 134 Å². The van der Waals surface area contributed by atoms with Crippen LogP contribution in [-0.2, 0) is 11.5 Å². The SMILES string of the molecule is N#Cc1ccc(CSCc2ccc(-n3cccn3)cc2)cc1. The van der Waals surface area contributed by atoms with Crippen LogP contribution in [0.4, 0.5) is 0 Å². The van der Waals surface area contributed by atoms with Gasteiger partial charge in [0.2, 0.25) is 0 Å². The Hall–Kier alpha value is -2.51. The maximum Gasteiger partial charge on any atom is 0.0991 e. The maximum absolute atomic E-state index is 8.78. The minimum atomic E-state index is 0.711. The van der Waals surface area contributed by atoms with Gasteiger partial charge in [-0.3, -0.25) is 0 Å². The van der Waals surface area contributed by atoms with E-state index in [1.807, 2.05) is 53.0 Å². The number of hydrogen-bond acceptors (Lipinski definition) is 3. The molecule has 0 radical (unpaired) electrons. The molecule has 0 saturated carbocycles. The Morgan fingerprint density at radius 1 is 0.955 bits per heavy atom. The van der Waals surface area contributed by atoms with Gasteiger partial charge in [-0.1, -0.05) is 24.3 Å². The first-order chi connectivity index (χ1) is 10.8. The minimum Gasteiger partial charge on any atom is -0.241 e. The Bertz CT molecular complexity index is 754. The van der Waals surface area contributed by atoms with Crippen molar-refractivity contribution in [1.82, 2.24) is 9.78 Å². The lowest BCUT2D eigenvalue weighted by atomic mass is 10.2. The molecule has 3 rings (SSSR count). The quantitative estimate of drug-likeness (QED) is 0.710. The molecule has 22 heavy (non-hydrogen) atoms. The van der Waals surface area contributed by atoms with Gasteiger partial charge < -0.3 is 0 Å². The number of nitriles is 1. The summed E-state index contributed by atoms with van der Waals surface area (Å²) in [5.41, 5.74) is 4.33. The molecule has 0 saturated heterocycles. The highest BCUT2D eigenvalue weighted by atomic mass is 32.2. The smallest absolute Gasteiger partial charge is 0.0991 e. The van der Waals surface area contributed by atoms with Crippen LogP contribution in [0, 0.1) is 11.3 Å². The summed E-state index contributed by atoms with van der Waals surface area (Å²) >= 11 is 1.87. The minimum absolute atomic E-state index is 0.711. The van der Waals surface area contributed by atoms with Gasteiger partial charge in [0.15, 0.2) is 0 Å². The standard InChI is InChI=1S/C18H15N3S/c19-12-15-2-4-16(5-3-15)13-22-14-17-6-8-18(9-7-17)21-11-1-10-20-21/h1-11H,13-14H2. The first-order valence-corrected chi connectivity index (χ1v) is 8.16. The van der Waals surface area contributed by atoms with E-state index in [4.69, 9.17) is 5.26 Å². The zero-order valence-electron chi connectivity index (χ0n) is 12.0. The van der Waals surface area contributed by atoms with Crippen LogP contribution in [0.3, 0.4) is 0 Å². The van der Waals surface area contributed by atoms with Crippen LogP contribution in [0.25, 0.3) is 5.69 Å². The number of thioether (sulfide) groups is 1. The van der Waals surface area contributed by atoms with E-state index >= 15 is 0 Å². The molecule has 0 atom stereocenters. The van der Waals surface area contributed by atoms with E-state index in [0.717, 1.165) is 17.2 Å². The average molecular weight is 305 g/mol. The lowest BCUT2D eigenvalue weighted by Crippen LogP contribution is -1.94. The third-order valence-electron chi connectivity index (χ3n) is 3.33. The topological polar surface area (TPSA) is 41.6 Å². The fourth-order valence-electron chi connectivity index (χ4n) is 2.13. The molecule has 0 aliphatic heterocycles. The highest BCUT2D eigenvalue weighted by Crippen LogP contribution is 2.19. The third-order valence-corrected chi connectivity index (χ3v) is 4.40. The van der Waals surface area contributed by atoms with Gasteiger partial charge in [-0.25, -0.2) is 4.68 Å². The van der Waals surface area contributed by atoms with Crippen LogP contribution in [0.1, 0.15) is 16.7 Å². The molecular formula is C18H15N3S. The summed E-state index contributed by atoms with van der Waals surface area (Å²) in [6.07, 6.45) is 3.72. The van der Waals surface area contributed by atoms with Crippen molar-refractivity contribution >= 4 is 11.8 Å². The van der Waals surface area contributed by atoms with Crippen molar-refractivity contribution in [3.8, 4) is 11.8 Å². The van der Waals surface area contributed by atoms with Crippen LogP contribution < -0.4 is 0 Å². The second-order valence-electron chi connectivity index (χ2n) is 4.92. The van der Waals surface area contributed by atoms with Crippen molar-refractivity contribution in [2.24, 2.45) is 0 Å². The molecule has 0 spiro atoms. The summed E-state index contributed by atoms with van der Waals surface area (Å²) in [6, 6.07) is 20.3. The zero-order chi connectivity index (χ0) is 15.2. The molecule has 1 aromatic heterocycles. The van der Waals surface area contributed by atoms with E-state index in [1.165, 1.54) is 11.1 Å².